The fraction of sp³-hybridized carbons (Fsp3) is 0.250. The minimum absolute atomic E-state index is 0.746. The SMILES string of the molecule is COc1ccc(CNCCNc2ccc3ccccc3n2)cc1OC. The third kappa shape index (κ3) is 4.39. The molecule has 2 aromatic carbocycles. The lowest BCUT2D eigenvalue weighted by Gasteiger charge is -2.11. The van der Waals surface area contributed by atoms with E-state index in [1.165, 1.54) is 0 Å². The zero-order chi connectivity index (χ0) is 17.5. The topological polar surface area (TPSA) is 55.4 Å². The number of hydrogen-bond donors (Lipinski definition) is 2. The Kier molecular flexibility index (Phi) is 5.69. The summed E-state index contributed by atoms with van der Waals surface area (Å²) in [7, 11) is 3.29. The highest BCUT2D eigenvalue weighted by molar-refractivity contribution is 5.80. The monoisotopic (exact) mass is 337 g/mol. The van der Waals surface area contributed by atoms with E-state index in [1.54, 1.807) is 14.2 Å². The standard InChI is InChI=1S/C20H23N3O2/c1-24-18-9-7-15(13-19(18)25-2)14-21-11-12-22-20-10-8-16-5-3-4-6-17(16)23-20/h3-10,13,21H,11-12,14H2,1-2H3,(H,22,23). The number of anilines is 1. The Bertz CT molecular complexity index is 836. The first-order chi connectivity index (χ1) is 12.3. The van der Waals surface area contributed by atoms with Crippen molar-refractivity contribution in [2.45, 2.75) is 6.54 Å². The van der Waals surface area contributed by atoms with Crippen molar-refractivity contribution in [3.8, 4) is 11.5 Å². The maximum absolute atomic E-state index is 5.32. The molecule has 3 rings (SSSR count). The van der Waals surface area contributed by atoms with E-state index < -0.39 is 0 Å². The quantitative estimate of drug-likeness (QED) is 0.617. The van der Waals surface area contributed by atoms with Crippen molar-refractivity contribution < 1.29 is 9.47 Å². The number of ether oxygens (including phenoxy) is 2. The second-order valence-electron chi connectivity index (χ2n) is 5.68. The molecular weight excluding hydrogens is 314 g/mol. The van der Waals surface area contributed by atoms with E-state index in [0.29, 0.717) is 0 Å². The molecule has 0 atom stereocenters. The van der Waals surface area contributed by atoms with Crippen LogP contribution in [0, 0.1) is 0 Å². The Hall–Kier alpha value is -2.79. The summed E-state index contributed by atoms with van der Waals surface area (Å²) in [6.07, 6.45) is 0. The maximum Gasteiger partial charge on any atom is 0.161 e. The lowest BCUT2D eigenvalue weighted by molar-refractivity contribution is 0.354. The smallest absolute Gasteiger partial charge is 0.161 e. The number of hydrogen-bond acceptors (Lipinski definition) is 5. The Balaban J connectivity index is 1.46. The molecule has 0 aliphatic heterocycles. The summed E-state index contributed by atoms with van der Waals surface area (Å²) in [6.45, 7) is 2.41. The number of aromatic nitrogens is 1. The summed E-state index contributed by atoms with van der Waals surface area (Å²) >= 11 is 0. The van der Waals surface area contributed by atoms with Crippen LogP contribution in [0.5, 0.6) is 11.5 Å². The minimum atomic E-state index is 0.746. The van der Waals surface area contributed by atoms with Crippen LogP contribution in [-0.2, 0) is 6.54 Å². The number of nitrogens with zero attached hydrogens (tertiary/aromatic N) is 1. The maximum atomic E-state index is 5.32. The number of methoxy groups -OCH3 is 2. The molecule has 1 heterocycles. The van der Waals surface area contributed by atoms with Crippen LogP contribution in [0.3, 0.4) is 0 Å². The second kappa shape index (κ2) is 8.35. The highest BCUT2D eigenvalue weighted by Gasteiger charge is 2.04. The van der Waals surface area contributed by atoms with E-state index >= 15 is 0 Å². The van der Waals surface area contributed by atoms with Crippen LogP contribution in [0.1, 0.15) is 5.56 Å². The third-order valence-corrected chi connectivity index (χ3v) is 3.98. The number of rotatable bonds is 8. The Labute approximate surface area is 148 Å². The van der Waals surface area contributed by atoms with Crippen molar-refractivity contribution >= 4 is 16.7 Å². The molecular formula is C20H23N3O2. The lowest BCUT2D eigenvalue weighted by Crippen LogP contribution is -2.22. The van der Waals surface area contributed by atoms with Gasteiger partial charge in [0.25, 0.3) is 0 Å². The van der Waals surface area contributed by atoms with Crippen molar-refractivity contribution in [3.05, 3.63) is 60.2 Å². The molecule has 0 radical (unpaired) electrons. The normalized spacial score (nSPS) is 10.6. The van der Waals surface area contributed by atoms with Crippen molar-refractivity contribution in [2.75, 3.05) is 32.6 Å². The molecule has 25 heavy (non-hydrogen) atoms. The van der Waals surface area contributed by atoms with Gasteiger partial charge in [-0.15, -0.1) is 0 Å². The highest BCUT2D eigenvalue weighted by atomic mass is 16.5. The van der Waals surface area contributed by atoms with Crippen molar-refractivity contribution in [3.63, 3.8) is 0 Å². The average Bonchev–Trinajstić information content (AvgIpc) is 2.67. The predicted octanol–water partition coefficient (Wildman–Crippen LogP) is 3.45. The van der Waals surface area contributed by atoms with Gasteiger partial charge < -0.3 is 20.1 Å². The van der Waals surface area contributed by atoms with Crippen LogP contribution in [0.4, 0.5) is 5.82 Å². The highest BCUT2D eigenvalue weighted by Crippen LogP contribution is 2.27. The summed E-state index contributed by atoms with van der Waals surface area (Å²) in [5.41, 5.74) is 2.16. The van der Waals surface area contributed by atoms with Gasteiger partial charge in [-0.1, -0.05) is 24.3 Å². The van der Waals surface area contributed by atoms with Gasteiger partial charge in [0, 0.05) is 25.0 Å². The van der Waals surface area contributed by atoms with Gasteiger partial charge in [-0.25, -0.2) is 4.98 Å². The second-order valence-corrected chi connectivity index (χ2v) is 5.68. The zero-order valence-electron chi connectivity index (χ0n) is 14.6. The van der Waals surface area contributed by atoms with E-state index in [-0.39, 0.29) is 0 Å². The molecule has 3 aromatic rings. The number of benzene rings is 2. The number of fused-ring (bicyclic) bond motifs is 1. The summed E-state index contributed by atoms with van der Waals surface area (Å²) in [5.74, 6) is 2.39. The van der Waals surface area contributed by atoms with Gasteiger partial charge in [0.05, 0.1) is 19.7 Å². The molecule has 0 bridgehead atoms. The Morgan fingerprint density at radius 2 is 1.72 bits per heavy atom. The number of nitrogens with one attached hydrogen (secondary N) is 2. The van der Waals surface area contributed by atoms with Crippen molar-refractivity contribution in [1.29, 1.82) is 0 Å². The van der Waals surface area contributed by atoms with Gasteiger partial charge in [0.2, 0.25) is 0 Å². The molecule has 0 spiro atoms. The minimum Gasteiger partial charge on any atom is -0.493 e. The van der Waals surface area contributed by atoms with E-state index in [2.05, 4.69) is 27.8 Å². The molecule has 0 fully saturated rings. The van der Waals surface area contributed by atoms with Crippen LogP contribution < -0.4 is 20.1 Å². The number of para-hydroxylation sites is 1. The van der Waals surface area contributed by atoms with E-state index in [1.807, 2.05) is 42.5 Å². The van der Waals surface area contributed by atoms with Gasteiger partial charge in [-0.05, 0) is 35.9 Å². The van der Waals surface area contributed by atoms with Crippen LogP contribution >= 0.6 is 0 Å². The molecule has 2 N–H and O–H groups in total. The summed E-state index contributed by atoms with van der Waals surface area (Å²) in [6, 6.07) is 18.2. The van der Waals surface area contributed by atoms with E-state index in [0.717, 1.165) is 53.4 Å². The van der Waals surface area contributed by atoms with Crippen LogP contribution in [-0.4, -0.2) is 32.3 Å². The van der Waals surface area contributed by atoms with Gasteiger partial charge >= 0.3 is 0 Å². The van der Waals surface area contributed by atoms with E-state index in [4.69, 9.17) is 9.47 Å². The molecule has 0 aliphatic carbocycles. The van der Waals surface area contributed by atoms with Gasteiger partial charge in [0.1, 0.15) is 5.82 Å². The van der Waals surface area contributed by atoms with Crippen molar-refractivity contribution in [1.82, 2.24) is 10.3 Å². The van der Waals surface area contributed by atoms with Crippen LogP contribution in [0.25, 0.3) is 10.9 Å². The van der Waals surface area contributed by atoms with Crippen LogP contribution in [0.2, 0.25) is 0 Å². The summed E-state index contributed by atoms with van der Waals surface area (Å²) < 4.78 is 10.6. The molecule has 0 aliphatic rings. The number of pyridine rings is 1. The van der Waals surface area contributed by atoms with Crippen LogP contribution in [0.15, 0.2) is 54.6 Å². The molecule has 5 nitrogen and oxygen atoms in total. The molecule has 1 aromatic heterocycles. The fourth-order valence-electron chi connectivity index (χ4n) is 2.67. The van der Waals surface area contributed by atoms with Gasteiger partial charge in [-0.2, -0.15) is 0 Å². The summed E-state index contributed by atoms with van der Waals surface area (Å²) in [4.78, 5) is 4.60. The predicted molar refractivity (Wildman–Crippen MR) is 101 cm³/mol. The van der Waals surface area contributed by atoms with Gasteiger partial charge in [-0.3, -0.25) is 0 Å². The third-order valence-electron chi connectivity index (χ3n) is 3.98. The molecule has 130 valence electrons. The van der Waals surface area contributed by atoms with Crippen molar-refractivity contribution in [2.24, 2.45) is 0 Å². The first-order valence-electron chi connectivity index (χ1n) is 8.31. The van der Waals surface area contributed by atoms with Gasteiger partial charge in [0.15, 0.2) is 11.5 Å². The zero-order valence-corrected chi connectivity index (χ0v) is 14.6. The fourth-order valence-corrected chi connectivity index (χ4v) is 2.67. The molecule has 0 saturated carbocycles. The first-order valence-corrected chi connectivity index (χ1v) is 8.31. The molecule has 0 amide bonds. The summed E-state index contributed by atoms with van der Waals surface area (Å²) in [5, 5.41) is 7.91. The lowest BCUT2D eigenvalue weighted by atomic mass is 10.2. The van der Waals surface area contributed by atoms with E-state index in [9.17, 15) is 0 Å². The molecule has 0 unspecified atom stereocenters. The average molecular weight is 337 g/mol. The molecule has 0 saturated heterocycles. The Morgan fingerprint density at radius 1 is 0.880 bits per heavy atom. The first kappa shape index (κ1) is 17.0. The largest absolute Gasteiger partial charge is 0.493 e. The Morgan fingerprint density at radius 3 is 2.56 bits per heavy atom. The molecule has 5 heteroatoms.